The Hall–Kier alpha value is -0.120. The van der Waals surface area contributed by atoms with Crippen molar-refractivity contribution in [2.45, 2.75) is 64.3 Å². The van der Waals surface area contributed by atoms with Gasteiger partial charge in [0.05, 0.1) is 0 Å². The highest BCUT2D eigenvalue weighted by Crippen LogP contribution is 2.41. The van der Waals surface area contributed by atoms with Crippen LogP contribution in [-0.4, -0.2) is 47.5 Å². The van der Waals surface area contributed by atoms with Crippen LogP contribution in [0.3, 0.4) is 0 Å². The van der Waals surface area contributed by atoms with Gasteiger partial charge in [-0.3, -0.25) is 4.90 Å². The highest BCUT2D eigenvalue weighted by Gasteiger charge is 2.38. The quantitative estimate of drug-likeness (QED) is 0.746. The van der Waals surface area contributed by atoms with Crippen molar-refractivity contribution in [3.05, 3.63) is 0 Å². The number of nitrogens with zero attached hydrogens (tertiary/aromatic N) is 1. The predicted molar refractivity (Wildman–Crippen MR) is 78.1 cm³/mol. The Bertz CT molecular complexity index is 267. The molecule has 0 aromatic heterocycles. The fourth-order valence-electron chi connectivity index (χ4n) is 3.95. The first-order chi connectivity index (χ1) is 9.19. The Morgan fingerprint density at radius 2 is 1.95 bits per heavy atom. The van der Waals surface area contributed by atoms with E-state index in [0.29, 0.717) is 12.6 Å². The molecule has 3 heteroatoms. The van der Waals surface area contributed by atoms with Crippen molar-refractivity contribution in [2.75, 3.05) is 26.3 Å². The maximum absolute atomic E-state index is 9.93. The Balaban J connectivity index is 1.95. The minimum atomic E-state index is 0.128. The number of hydrogen-bond donors (Lipinski definition) is 2. The number of hydrogen-bond acceptors (Lipinski definition) is 3. The Morgan fingerprint density at radius 3 is 2.47 bits per heavy atom. The largest absolute Gasteiger partial charge is 0.396 e. The van der Waals surface area contributed by atoms with E-state index in [2.05, 4.69) is 11.8 Å². The van der Waals surface area contributed by atoms with E-state index in [1.165, 1.54) is 44.9 Å². The molecule has 0 saturated heterocycles. The van der Waals surface area contributed by atoms with Gasteiger partial charge in [0.15, 0.2) is 0 Å². The molecule has 0 bridgehead atoms. The molecule has 2 unspecified atom stereocenters. The fraction of sp³-hybridized carbons (Fsp3) is 1.00. The second-order valence-corrected chi connectivity index (χ2v) is 6.99. The van der Waals surface area contributed by atoms with Gasteiger partial charge in [0.1, 0.15) is 0 Å². The van der Waals surface area contributed by atoms with Crippen LogP contribution in [0, 0.1) is 11.3 Å². The molecule has 0 aromatic rings. The molecular weight excluding hydrogens is 238 g/mol. The lowest BCUT2D eigenvalue weighted by molar-refractivity contribution is -0.00458. The standard InChI is InChI=1S/C16H31NO2/c1-14-5-3-8-16(11-14,13-19)12-17(9-4-10-18)15-6-2-7-15/h14-15,18-19H,2-13H2,1H3. The smallest absolute Gasteiger partial charge is 0.0499 e. The molecule has 2 N–H and O–H groups in total. The van der Waals surface area contributed by atoms with Crippen LogP contribution < -0.4 is 0 Å². The van der Waals surface area contributed by atoms with Crippen LogP contribution in [0.4, 0.5) is 0 Å². The van der Waals surface area contributed by atoms with Crippen molar-refractivity contribution in [3.63, 3.8) is 0 Å². The second kappa shape index (κ2) is 7.05. The van der Waals surface area contributed by atoms with Gasteiger partial charge in [-0.15, -0.1) is 0 Å². The Morgan fingerprint density at radius 1 is 1.16 bits per heavy atom. The molecule has 112 valence electrons. The molecule has 0 amide bonds. The molecular formula is C16H31NO2. The monoisotopic (exact) mass is 269 g/mol. The molecule has 0 heterocycles. The summed E-state index contributed by atoms with van der Waals surface area (Å²) in [5, 5.41) is 19.0. The highest BCUT2D eigenvalue weighted by molar-refractivity contribution is 4.91. The van der Waals surface area contributed by atoms with Gasteiger partial charge in [-0.2, -0.15) is 0 Å². The number of rotatable bonds is 7. The first-order valence-electron chi connectivity index (χ1n) is 8.15. The Labute approximate surface area is 118 Å². The summed E-state index contributed by atoms with van der Waals surface area (Å²) in [4.78, 5) is 2.56. The van der Waals surface area contributed by atoms with Crippen molar-refractivity contribution >= 4 is 0 Å². The number of aliphatic hydroxyl groups excluding tert-OH is 2. The molecule has 0 spiro atoms. The van der Waals surface area contributed by atoms with Gasteiger partial charge >= 0.3 is 0 Å². The summed E-state index contributed by atoms with van der Waals surface area (Å²) in [6.07, 6.45) is 9.77. The molecule has 2 atom stereocenters. The van der Waals surface area contributed by atoms with Gasteiger partial charge < -0.3 is 10.2 Å². The molecule has 19 heavy (non-hydrogen) atoms. The van der Waals surface area contributed by atoms with Crippen LogP contribution in [0.1, 0.15) is 58.3 Å². The third kappa shape index (κ3) is 3.93. The summed E-state index contributed by atoms with van der Waals surface area (Å²) < 4.78 is 0. The van der Waals surface area contributed by atoms with E-state index in [1.807, 2.05) is 0 Å². The van der Waals surface area contributed by atoms with Crippen molar-refractivity contribution in [3.8, 4) is 0 Å². The summed E-state index contributed by atoms with van der Waals surface area (Å²) in [6.45, 7) is 4.98. The van der Waals surface area contributed by atoms with Crippen LogP contribution in [0.15, 0.2) is 0 Å². The zero-order valence-electron chi connectivity index (χ0n) is 12.5. The molecule has 0 aliphatic heterocycles. The minimum absolute atomic E-state index is 0.128. The average molecular weight is 269 g/mol. The van der Waals surface area contributed by atoms with E-state index in [4.69, 9.17) is 5.11 Å². The molecule has 2 fully saturated rings. The van der Waals surface area contributed by atoms with Crippen LogP contribution in [0.5, 0.6) is 0 Å². The molecule has 2 aliphatic carbocycles. The summed E-state index contributed by atoms with van der Waals surface area (Å²) in [5.74, 6) is 0.752. The zero-order chi connectivity index (χ0) is 13.7. The van der Waals surface area contributed by atoms with E-state index in [0.717, 1.165) is 25.4 Å². The summed E-state index contributed by atoms with van der Waals surface area (Å²) in [6, 6.07) is 0.715. The second-order valence-electron chi connectivity index (χ2n) is 6.99. The fourth-order valence-corrected chi connectivity index (χ4v) is 3.95. The molecule has 2 rings (SSSR count). The topological polar surface area (TPSA) is 43.7 Å². The van der Waals surface area contributed by atoms with E-state index in [1.54, 1.807) is 0 Å². The van der Waals surface area contributed by atoms with Crippen LogP contribution >= 0.6 is 0 Å². The minimum Gasteiger partial charge on any atom is -0.396 e. The van der Waals surface area contributed by atoms with E-state index in [9.17, 15) is 5.11 Å². The summed E-state index contributed by atoms with van der Waals surface area (Å²) in [7, 11) is 0. The summed E-state index contributed by atoms with van der Waals surface area (Å²) in [5.41, 5.74) is 0.128. The van der Waals surface area contributed by atoms with Crippen molar-refractivity contribution in [2.24, 2.45) is 11.3 Å². The van der Waals surface area contributed by atoms with Crippen LogP contribution in [0.25, 0.3) is 0 Å². The highest BCUT2D eigenvalue weighted by atomic mass is 16.3. The van der Waals surface area contributed by atoms with Crippen molar-refractivity contribution in [1.82, 2.24) is 4.90 Å². The molecule has 2 aliphatic rings. The Kier molecular flexibility index (Phi) is 5.67. The third-order valence-electron chi connectivity index (χ3n) is 5.25. The van der Waals surface area contributed by atoms with Gasteiger partial charge in [-0.25, -0.2) is 0 Å². The SMILES string of the molecule is CC1CCCC(CO)(CN(CCCO)C2CCC2)C1. The lowest BCUT2D eigenvalue weighted by atomic mass is 9.69. The van der Waals surface area contributed by atoms with E-state index < -0.39 is 0 Å². The maximum atomic E-state index is 9.93. The van der Waals surface area contributed by atoms with E-state index in [-0.39, 0.29) is 12.0 Å². The van der Waals surface area contributed by atoms with Crippen LogP contribution in [0.2, 0.25) is 0 Å². The van der Waals surface area contributed by atoms with Gasteiger partial charge in [-0.05, 0) is 38.0 Å². The molecule has 3 nitrogen and oxygen atoms in total. The lowest BCUT2D eigenvalue weighted by Gasteiger charge is -2.46. The predicted octanol–water partition coefficient (Wildman–Crippen LogP) is 2.41. The van der Waals surface area contributed by atoms with Gasteiger partial charge in [0, 0.05) is 37.8 Å². The summed E-state index contributed by atoms with van der Waals surface area (Å²) >= 11 is 0. The van der Waals surface area contributed by atoms with E-state index >= 15 is 0 Å². The first kappa shape index (κ1) is 15.3. The van der Waals surface area contributed by atoms with Crippen LogP contribution in [-0.2, 0) is 0 Å². The third-order valence-corrected chi connectivity index (χ3v) is 5.25. The van der Waals surface area contributed by atoms with Gasteiger partial charge in [0.2, 0.25) is 0 Å². The first-order valence-corrected chi connectivity index (χ1v) is 8.15. The average Bonchev–Trinajstić information content (AvgIpc) is 2.34. The van der Waals surface area contributed by atoms with Crippen molar-refractivity contribution < 1.29 is 10.2 Å². The van der Waals surface area contributed by atoms with Gasteiger partial charge in [-0.1, -0.05) is 26.2 Å². The molecule has 2 saturated carbocycles. The molecule has 0 aromatic carbocycles. The zero-order valence-corrected chi connectivity index (χ0v) is 12.5. The van der Waals surface area contributed by atoms with Crippen molar-refractivity contribution in [1.29, 1.82) is 0 Å². The maximum Gasteiger partial charge on any atom is 0.0499 e. The molecule has 0 radical (unpaired) electrons. The lowest BCUT2D eigenvalue weighted by Crippen LogP contribution is -2.49. The van der Waals surface area contributed by atoms with Gasteiger partial charge in [0.25, 0.3) is 0 Å². The number of aliphatic hydroxyl groups is 2. The normalized spacial score (nSPS) is 32.5.